The Morgan fingerprint density at radius 1 is 0.348 bits per heavy atom. The van der Waals surface area contributed by atoms with E-state index in [-0.39, 0.29) is 68.5 Å². The molecule has 242 valence electrons. The predicted molar refractivity (Wildman–Crippen MR) is 168 cm³/mol. The molecule has 0 unspecified atom stereocenters. The van der Waals surface area contributed by atoms with E-state index in [1.54, 1.807) is 24.3 Å². The van der Waals surface area contributed by atoms with E-state index < -0.39 is 9.85 Å². The molecule has 0 N–H and O–H groups in total. The first kappa shape index (κ1) is 33.0. The zero-order chi connectivity index (χ0) is 33.7. The average Bonchev–Trinajstić information content (AvgIpc) is 3.08. The number of hydrogen-bond acceptors (Lipinski definition) is 12. The normalized spacial score (nSPS) is 10.5. The molecule has 4 rings (SSSR count). The van der Waals surface area contributed by atoms with E-state index in [0.29, 0.717) is 22.3 Å². The zero-order valence-corrected chi connectivity index (χ0v) is 26.4. The number of rotatable bonds is 13. The molecular weight excluding hydrogens is 604 g/mol. The van der Waals surface area contributed by atoms with Crippen LogP contribution in [0.4, 0.5) is 11.4 Å². The van der Waals surface area contributed by atoms with Crippen molar-refractivity contribution in [2.45, 2.75) is 0 Å². The summed E-state index contributed by atoms with van der Waals surface area (Å²) in [5.41, 5.74) is 1.03. The van der Waals surface area contributed by atoms with E-state index in [9.17, 15) is 20.2 Å². The Balaban J connectivity index is 2.26. The van der Waals surface area contributed by atoms with E-state index in [1.807, 2.05) is 0 Å². The molecule has 14 nitrogen and oxygen atoms in total. The molecular formula is C32H32N2O12. The number of benzene rings is 4. The van der Waals surface area contributed by atoms with Crippen LogP contribution in [0.1, 0.15) is 0 Å². The Kier molecular flexibility index (Phi) is 9.90. The molecule has 0 aliphatic heterocycles. The molecule has 46 heavy (non-hydrogen) atoms. The predicted octanol–water partition coefficient (Wildman–Crippen LogP) is 6.57. The minimum absolute atomic E-state index is 0.140. The van der Waals surface area contributed by atoms with E-state index >= 15 is 0 Å². The van der Waals surface area contributed by atoms with Crippen molar-refractivity contribution in [3.63, 3.8) is 0 Å². The fourth-order valence-electron chi connectivity index (χ4n) is 5.12. The van der Waals surface area contributed by atoms with Crippen molar-refractivity contribution in [1.29, 1.82) is 0 Å². The van der Waals surface area contributed by atoms with Gasteiger partial charge in [0.2, 0.25) is 0 Å². The topological polar surface area (TPSA) is 160 Å². The van der Waals surface area contributed by atoms with Crippen molar-refractivity contribution >= 4 is 11.4 Å². The molecule has 0 fully saturated rings. The molecule has 14 heteroatoms. The highest BCUT2D eigenvalue weighted by atomic mass is 16.6. The first-order valence-corrected chi connectivity index (χ1v) is 13.4. The van der Waals surface area contributed by atoms with Crippen molar-refractivity contribution < 1.29 is 47.7 Å². The van der Waals surface area contributed by atoms with Gasteiger partial charge in [0, 0.05) is 11.1 Å². The lowest BCUT2D eigenvalue weighted by Crippen LogP contribution is -2.02. The van der Waals surface area contributed by atoms with Crippen LogP contribution in [-0.4, -0.2) is 66.7 Å². The summed E-state index contributed by atoms with van der Waals surface area (Å²) < 4.78 is 44.0. The maximum absolute atomic E-state index is 12.4. The lowest BCUT2D eigenvalue weighted by molar-refractivity contribution is -0.384. The van der Waals surface area contributed by atoms with Gasteiger partial charge >= 0.3 is 0 Å². The van der Waals surface area contributed by atoms with Gasteiger partial charge in [0.15, 0.2) is 46.0 Å². The van der Waals surface area contributed by atoms with Gasteiger partial charge in [-0.3, -0.25) is 20.2 Å². The first-order valence-electron chi connectivity index (χ1n) is 13.4. The second-order valence-corrected chi connectivity index (χ2v) is 9.47. The van der Waals surface area contributed by atoms with Crippen molar-refractivity contribution in [1.82, 2.24) is 0 Å². The first-order chi connectivity index (χ1) is 22.1. The molecule has 0 saturated carbocycles. The molecule has 0 aliphatic carbocycles. The van der Waals surface area contributed by atoms with Gasteiger partial charge in [0.05, 0.1) is 90.0 Å². The molecule has 0 aromatic heterocycles. The zero-order valence-electron chi connectivity index (χ0n) is 26.4. The summed E-state index contributed by atoms with van der Waals surface area (Å²) in [6.45, 7) is 0. The largest absolute Gasteiger partial charge is 0.493 e. The molecule has 0 spiro atoms. The fraction of sp³-hybridized carbons (Fsp3) is 0.250. The number of methoxy groups -OCH3 is 8. The van der Waals surface area contributed by atoms with Crippen LogP contribution in [-0.2, 0) is 0 Å². The summed E-state index contributed by atoms with van der Waals surface area (Å²) in [7, 11) is 11.3. The summed E-state index contributed by atoms with van der Waals surface area (Å²) in [6.07, 6.45) is 0. The summed E-state index contributed by atoms with van der Waals surface area (Å²) >= 11 is 0. The number of ether oxygens (including phenoxy) is 8. The third kappa shape index (κ3) is 5.92. The van der Waals surface area contributed by atoms with Gasteiger partial charge in [0.25, 0.3) is 11.4 Å². The minimum Gasteiger partial charge on any atom is -0.493 e. The maximum atomic E-state index is 12.4. The van der Waals surface area contributed by atoms with E-state index in [0.717, 1.165) is 0 Å². The Hall–Kier alpha value is -5.92. The highest BCUT2D eigenvalue weighted by Crippen LogP contribution is 2.52. The SMILES string of the molecule is COc1cc(-c2cc(OC)c(OC)cc2-c2cc(OC)c(OC)cc2[N+](=O)[O-])c(-c2cc(OC)c(OC)cc2[N+](=O)[O-])cc1OC. The van der Waals surface area contributed by atoms with Crippen molar-refractivity contribution in [2.75, 3.05) is 56.9 Å². The Labute approximate surface area is 264 Å². The molecule has 0 heterocycles. The van der Waals surface area contributed by atoms with Gasteiger partial charge in [-0.25, -0.2) is 0 Å². The Bertz CT molecular complexity index is 1670. The summed E-state index contributed by atoms with van der Waals surface area (Å²) in [6, 6.07) is 11.8. The van der Waals surface area contributed by atoms with Crippen LogP contribution in [0.5, 0.6) is 46.0 Å². The summed E-state index contributed by atoms with van der Waals surface area (Å²) in [4.78, 5) is 23.8. The lowest BCUT2D eigenvalue weighted by Gasteiger charge is -2.21. The smallest absolute Gasteiger partial charge is 0.281 e. The molecule has 4 aromatic rings. The summed E-state index contributed by atoms with van der Waals surface area (Å²) in [5, 5.41) is 24.9. The van der Waals surface area contributed by atoms with Gasteiger partial charge in [-0.2, -0.15) is 0 Å². The van der Waals surface area contributed by atoms with Gasteiger partial charge in [-0.1, -0.05) is 0 Å². The van der Waals surface area contributed by atoms with Crippen LogP contribution in [0.15, 0.2) is 48.5 Å². The molecule has 0 atom stereocenters. The van der Waals surface area contributed by atoms with Crippen LogP contribution in [0.25, 0.3) is 33.4 Å². The molecule has 0 radical (unpaired) electrons. The third-order valence-electron chi connectivity index (χ3n) is 7.32. The quantitative estimate of drug-likeness (QED) is 0.115. The second kappa shape index (κ2) is 13.8. The standard InChI is InChI=1S/C32H32N2O12/c1-39-25-9-17(19(11-27(25)41-3)21-13-29(43-5)31(45-7)15-23(21)33(35)36)18-10-26(40-2)28(42-4)12-20(18)22-14-30(44-6)32(46-8)16-24(22)34(37)38/h9-16H,1-8H3. The monoisotopic (exact) mass is 636 g/mol. The van der Waals surface area contributed by atoms with Gasteiger partial charge in [-0.05, 0) is 47.5 Å². The van der Waals surface area contributed by atoms with E-state index in [2.05, 4.69) is 0 Å². The van der Waals surface area contributed by atoms with Crippen molar-refractivity contribution in [3.8, 4) is 79.4 Å². The highest BCUT2D eigenvalue weighted by Gasteiger charge is 2.29. The minimum atomic E-state index is -0.549. The lowest BCUT2D eigenvalue weighted by atomic mass is 9.87. The maximum Gasteiger partial charge on any atom is 0.281 e. The molecule has 0 aliphatic rings. The van der Waals surface area contributed by atoms with Crippen LogP contribution in [0, 0.1) is 20.2 Å². The van der Waals surface area contributed by atoms with Crippen LogP contribution < -0.4 is 37.9 Å². The van der Waals surface area contributed by atoms with Crippen LogP contribution >= 0.6 is 0 Å². The Morgan fingerprint density at radius 3 is 0.717 bits per heavy atom. The van der Waals surface area contributed by atoms with Crippen molar-refractivity contribution in [3.05, 3.63) is 68.8 Å². The number of nitro groups is 2. The van der Waals surface area contributed by atoms with Crippen LogP contribution in [0.3, 0.4) is 0 Å². The number of hydrogen-bond donors (Lipinski definition) is 0. The van der Waals surface area contributed by atoms with E-state index in [4.69, 9.17) is 37.9 Å². The molecule has 0 amide bonds. The molecule has 0 saturated heterocycles. The second-order valence-electron chi connectivity index (χ2n) is 9.47. The average molecular weight is 637 g/mol. The van der Waals surface area contributed by atoms with Crippen molar-refractivity contribution in [2.24, 2.45) is 0 Å². The van der Waals surface area contributed by atoms with Gasteiger partial charge in [-0.15, -0.1) is 0 Å². The summed E-state index contributed by atoms with van der Waals surface area (Å²) in [5.74, 6) is 1.85. The number of nitro benzene ring substituents is 2. The number of nitrogens with zero attached hydrogens (tertiary/aromatic N) is 2. The molecule has 4 aromatic carbocycles. The van der Waals surface area contributed by atoms with Gasteiger partial charge < -0.3 is 37.9 Å². The van der Waals surface area contributed by atoms with E-state index in [1.165, 1.54) is 81.1 Å². The Morgan fingerprint density at radius 2 is 0.522 bits per heavy atom. The fourth-order valence-corrected chi connectivity index (χ4v) is 5.12. The van der Waals surface area contributed by atoms with Crippen LogP contribution in [0.2, 0.25) is 0 Å². The third-order valence-corrected chi connectivity index (χ3v) is 7.32. The molecule has 0 bridgehead atoms. The van der Waals surface area contributed by atoms with Gasteiger partial charge in [0.1, 0.15) is 0 Å². The highest BCUT2D eigenvalue weighted by molar-refractivity contribution is 5.98.